The molecule has 0 saturated carbocycles. The van der Waals surface area contributed by atoms with Crippen LogP contribution in [0.1, 0.15) is 6.42 Å². The minimum Gasteiger partial charge on any atom is -0.376 e. The highest BCUT2D eigenvalue weighted by atomic mass is 32.1. The minimum atomic E-state index is -0.450. The standard InChI is InChI=1S/C17H14N6O3S/c18-8-1-9-22(11-24)13-4-2-12(3-5-13)20-21-17-19-15-7-6-14(23(25)26)10-16(15)27-17/h2-7,10,24H,1,9,11H2. The lowest BCUT2D eigenvalue weighted by atomic mass is 10.2. The summed E-state index contributed by atoms with van der Waals surface area (Å²) in [6.07, 6.45) is 0.317. The molecule has 0 atom stereocenters. The number of hydrogen-bond donors (Lipinski definition) is 1. The van der Waals surface area contributed by atoms with E-state index in [0.29, 0.717) is 34.0 Å². The van der Waals surface area contributed by atoms with E-state index in [9.17, 15) is 15.2 Å². The van der Waals surface area contributed by atoms with Gasteiger partial charge >= 0.3 is 0 Å². The number of azo groups is 1. The molecule has 9 nitrogen and oxygen atoms in total. The zero-order chi connectivity index (χ0) is 19.2. The zero-order valence-electron chi connectivity index (χ0n) is 14.0. The number of aliphatic hydroxyl groups is 1. The van der Waals surface area contributed by atoms with Gasteiger partial charge in [-0.2, -0.15) is 5.26 Å². The van der Waals surface area contributed by atoms with Gasteiger partial charge in [-0.1, -0.05) is 11.3 Å². The fraction of sp³-hybridized carbons (Fsp3) is 0.176. The van der Waals surface area contributed by atoms with E-state index in [0.717, 1.165) is 5.69 Å². The number of nitro benzene ring substituents is 1. The molecule has 0 unspecified atom stereocenters. The van der Waals surface area contributed by atoms with Crippen LogP contribution in [0.25, 0.3) is 10.2 Å². The lowest BCUT2D eigenvalue weighted by Gasteiger charge is -2.20. The number of nitro groups is 1. The highest BCUT2D eigenvalue weighted by Crippen LogP contribution is 2.32. The van der Waals surface area contributed by atoms with E-state index in [1.165, 1.54) is 23.5 Å². The number of benzene rings is 2. The first-order valence-electron chi connectivity index (χ1n) is 7.90. The first-order valence-corrected chi connectivity index (χ1v) is 8.72. The highest BCUT2D eigenvalue weighted by molar-refractivity contribution is 7.21. The predicted molar refractivity (Wildman–Crippen MR) is 102 cm³/mol. The molecule has 0 fully saturated rings. The van der Waals surface area contributed by atoms with Crippen LogP contribution in [0, 0.1) is 21.4 Å². The Bertz CT molecular complexity index is 1030. The number of non-ortho nitro benzene ring substituents is 1. The van der Waals surface area contributed by atoms with Crippen LogP contribution in [-0.2, 0) is 0 Å². The summed E-state index contributed by atoms with van der Waals surface area (Å²) >= 11 is 1.22. The van der Waals surface area contributed by atoms with Crippen molar-refractivity contribution in [1.82, 2.24) is 4.98 Å². The van der Waals surface area contributed by atoms with Crippen molar-refractivity contribution in [3.63, 3.8) is 0 Å². The molecule has 1 aromatic heterocycles. The normalized spacial score (nSPS) is 11.0. The summed E-state index contributed by atoms with van der Waals surface area (Å²) in [5.41, 5.74) is 2.02. The van der Waals surface area contributed by atoms with Crippen LogP contribution in [0.15, 0.2) is 52.7 Å². The van der Waals surface area contributed by atoms with E-state index in [1.807, 2.05) is 6.07 Å². The van der Waals surface area contributed by atoms with E-state index >= 15 is 0 Å². The average molecular weight is 382 g/mol. The lowest BCUT2D eigenvalue weighted by Crippen LogP contribution is -2.24. The second-order valence-electron chi connectivity index (χ2n) is 5.43. The van der Waals surface area contributed by atoms with Crippen molar-refractivity contribution in [1.29, 1.82) is 5.26 Å². The van der Waals surface area contributed by atoms with Crippen molar-refractivity contribution < 1.29 is 10.0 Å². The summed E-state index contributed by atoms with van der Waals surface area (Å²) in [5, 5.41) is 37.5. The average Bonchev–Trinajstić information content (AvgIpc) is 3.10. The molecular formula is C17H14N6O3S. The van der Waals surface area contributed by atoms with Crippen LogP contribution in [0.4, 0.5) is 22.2 Å². The van der Waals surface area contributed by atoms with Crippen LogP contribution in [0.3, 0.4) is 0 Å². The molecule has 3 aromatic rings. The number of nitriles is 1. The van der Waals surface area contributed by atoms with Gasteiger partial charge in [0.15, 0.2) is 0 Å². The molecule has 27 heavy (non-hydrogen) atoms. The molecule has 1 heterocycles. The highest BCUT2D eigenvalue weighted by Gasteiger charge is 2.10. The molecule has 0 aliphatic carbocycles. The first-order chi connectivity index (χ1) is 13.1. The van der Waals surface area contributed by atoms with E-state index in [-0.39, 0.29) is 12.4 Å². The largest absolute Gasteiger partial charge is 0.376 e. The topological polar surface area (TPSA) is 128 Å². The molecule has 0 bridgehead atoms. The smallest absolute Gasteiger partial charge is 0.270 e. The molecule has 0 amide bonds. The monoisotopic (exact) mass is 382 g/mol. The van der Waals surface area contributed by atoms with Gasteiger partial charge in [-0.05, 0) is 30.3 Å². The van der Waals surface area contributed by atoms with Crippen molar-refractivity contribution in [2.24, 2.45) is 10.2 Å². The molecule has 10 heteroatoms. The zero-order valence-corrected chi connectivity index (χ0v) is 14.8. The predicted octanol–water partition coefficient (Wildman–Crippen LogP) is 4.29. The van der Waals surface area contributed by atoms with Crippen LogP contribution < -0.4 is 4.90 Å². The van der Waals surface area contributed by atoms with Crippen molar-refractivity contribution >= 4 is 43.7 Å². The van der Waals surface area contributed by atoms with Crippen molar-refractivity contribution in [2.75, 3.05) is 18.2 Å². The van der Waals surface area contributed by atoms with E-state index in [1.54, 1.807) is 35.2 Å². The number of fused-ring (bicyclic) bond motifs is 1. The number of thiazole rings is 1. The van der Waals surface area contributed by atoms with Crippen molar-refractivity contribution in [2.45, 2.75) is 6.42 Å². The molecule has 136 valence electrons. The Morgan fingerprint density at radius 1 is 1.26 bits per heavy atom. The number of anilines is 1. The summed E-state index contributed by atoms with van der Waals surface area (Å²) < 4.78 is 0.671. The second-order valence-corrected chi connectivity index (χ2v) is 6.44. The summed E-state index contributed by atoms with van der Waals surface area (Å²) in [7, 11) is 0. The van der Waals surface area contributed by atoms with Crippen LogP contribution in [0.2, 0.25) is 0 Å². The first kappa shape index (κ1) is 18.4. The van der Waals surface area contributed by atoms with Crippen molar-refractivity contribution in [3.8, 4) is 6.07 Å². The molecule has 3 rings (SSSR count). The molecule has 0 radical (unpaired) electrons. The molecule has 0 aliphatic rings. The van der Waals surface area contributed by atoms with Crippen LogP contribution in [0.5, 0.6) is 0 Å². The molecule has 0 aliphatic heterocycles. The molecule has 0 spiro atoms. The Morgan fingerprint density at radius 3 is 2.70 bits per heavy atom. The molecular weight excluding hydrogens is 368 g/mol. The van der Waals surface area contributed by atoms with Crippen molar-refractivity contribution in [3.05, 3.63) is 52.6 Å². The Balaban J connectivity index is 1.75. The summed E-state index contributed by atoms with van der Waals surface area (Å²) in [6.45, 7) is 0.256. The minimum absolute atomic E-state index is 0.00932. The molecule has 0 saturated heterocycles. The number of nitrogens with zero attached hydrogens (tertiary/aromatic N) is 6. The summed E-state index contributed by atoms with van der Waals surface area (Å²) in [4.78, 5) is 16.3. The van der Waals surface area contributed by atoms with Gasteiger partial charge < -0.3 is 10.0 Å². The van der Waals surface area contributed by atoms with Crippen LogP contribution in [-0.4, -0.2) is 28.3 Å². The molecule has 2 aromatic carbocycles. The van der Waals surface area contributed by atoms with Gasteiger partial charge in [-0.15, -0.1) is 10.2 Å². The van der Waals surface area contributed by atoms with Gasteiger partial charge in [0.05, 0.1) is 33.3 Å². The maximum absolute atomic E-state index is 10.8. The number of aliphatic hydroxyl groups excluding tert-OH is 1. The van der Waals surface area contributed by atoms with E-state index < -0.39 is 4.92 Å². The Labute approximate surface area is 158 Å². The lowest BCUT2D eigenvalue weighted by molar-refractivity contribution is -0.384. The maximum Gasteiger partial charge on any atom is 0.270 e. The number of rotatable bonds is 7. The van der Waals surface area contributed by atoms with E-state index in [4.69, 9.17) is 5.26 Å². The second kappa shape index (κ2) is 8.31. The van der Waals surface area contributed by atoms with Crippen LogP contribution >= 0.6 is 11.3 Å². The Hall–Kier alpha value is -3.42. The summed E-state index contributed by atoms with van der Waals surface area (Å²) in [5.74, 6) is 0. The third-order valence-corrected chi connectivity index (χ3v) is 4.60. The van der Waals surface area contributed by atoms with Gasteiger partial charge in [-0.3, -0.25) is 10.1 Å². The van der Waals surface area contributed by atoms with Gasteiger partial charge in [0.25, 0.3) is 5.69 Å². The Morgan fingerprint density at radius 2 is 2.04 bits per heavy atom. The fourth-order valence-corrected chi connectivity index (χ4v) is 3.17. The number of aromatic nitrogens is 1. The van der Waals surface area contributed by atoms with Gasteiger partial charge in [-0.25, -0.2) is 4.98 Å². The van der Waals surface area contributed by atoms with Gasteiger partial charge in [0.2, 0.25) is 5.13 Å². The third kappa shape index (κ3) is 4.41. The number of hydrogen-bond acceptors (Lipinski definition) is 9. The fourth-order valence-electron chi connectivity index (χ4n) is 2.35. The van der Waals surface area contributed by atoms with E-state index in [2.05, 4.69) is 15.2 Å². The SMILES string of the molecule is N#CCCN(CO)c1ccc(N=Nc2nc3ccc([N+](=O)[O-])cc3s2)cc1. The molecule has 1 N–H and O–H groups in total. The maximum atomic E-state index is 10.8. The van der Waals surface area contributed by atoms with Gasteiger partial charge in [0.1, 0.15) is 6.73 Å². The third-order valence-electron chi connectivity index (χ3n) is 3.70. The summed E-state index contributed by atoms with van der Waals surface area (Å²) in [6, 6.07) is 13.5. The Kier molecular flexibility index (Phi) is 5.65. The van der Waals surface area contributed by atoms with Gasteiger partial charge in [0, 0.05) is 24.4 Å². The quantitative estimate of drug-likeness (QED) is 0.281.